The molecule has 4 aromatic carbocycles. The van der Waals surface area contributed by atoms with Crippen LogP contribution in [0.3, 0.4) is 0 Å². The van der Waals surface area contributed by atoms with Gasteiger partial charge in [0.1, 0.15) is 22.7 Å². The second kappa shape index (κ2) is 8.33. The summed E-state index contributed by atoms with van der Waals surface area (Å²) in [7, 11) is 3.13. The lowest BCUT2D eigenvalue weighted by Gasteiger charge is -2.46. The van der Waals surface area contributed by atoms with Crippen LogP contribution in [0.25, 0.3) is 0 Å². The highest BCUT2D eigenvalue weighted by molar-refractivity contribution is 6.32. The first-order valence-electron chi connectivity index (χ1n) is 10.7. The molecule has 34 heavy (non-hydrogen) atoms. The summed E-state index contributed by atoms with van der Waals surface area (Å²) in [6.07, 6.45) is 0. The van der Waals surface area contributed by atoms with Gasteiger partial charge in [-0.25, -0.2) is 0 Å². The average molecular weight is 493 g/mol. The maximum Gasteiger partial charge on any atom is 0.142 e. The summed E-state index contributed by atoms with van der Waals surface area (Å²) in [5, 5.41) is 25.7. The number of ether oxygens (including phenoxy) is 2. The second-order valence-corrected chi connectivity index (χ2v) is 9.02. The van der Waals surface area contributed by atoms with Gasteiger partial charge in [0.05, 0.1) is 14.2 Å². The van der Waals surface area contributed by atoms with Crippen LogP contribution in [0, 0.1) is 0 Å². The largest absolute Gasteiger partial charge is 0.497 e. The molecule has 6 heteroatoms. The van der Waals surface area contributed by atoms with Gasteiger partial charge >= 0.3 is 0 Å². The normalized spacial score (nSPS) is 20.9. The van der Waals surface area contributed by atoms with Gasteiger partial charge in [-0.15, -0.1) is 0 Å². The highest BCUT2D eigenvalue weighted by Gasteiger charge is 2.53. The van der Waals surface area contributed by atoms with Gasteiger partial charge in [0.15, 0.2) is 0 Å². The Morgan fingerprint density at radius 1 is 0.588 bits per heavy atom. The Hall–Kier alpha value is -3.02. The predicted octanol–water partition coefficient (Wildman–Crippen LogP) is 5.89. The third kappa shape index (κ3) is 3.14. The van der Waals surface area contributed by atoms with E-state index in [9.17, 15) is 10.2 Å². The molecule has 2 unspecified atom stereocenters. The van der Waals surface area contributed by atoms with Gasteiger partial charge < -0.3 is 19.7 Å². The van der Waals surface area contributed by atoms with Crippen molar-refractivity contribution < 1.29 is 19.7 Å². The molecule has 0 bridgehead atoms. The first kappa shape index (κ1) is 22.8. The fourth-order valence-electron chi connectivity index (χ4n) is 4.95. The Morgan fingerprint density at radius 3 is 1.35 bits per heavy atom. The van der Waals surface area contributed by atoms with E-state index in [4.69, 9.17) is 32.7 Å². The molecule has 0 amide bonds. The Morgan fingerprint density at radius 2 is 0.971 bits per heavy atom. The summed E-state index contributed by atoms with van der Waals surface area (Å²) < 4.78 is 10.8. The molecule has 4 nitrogen and oxygen atoms in total. The number of methoxy groups -OCH3 is 2. The van der Waals surface area contributed by atoms with Crippen LogP contribution in [0.1, 0.15) is 33.4 Å². The maximum absolute atomic E-state index is 12.5. The van der Waals surface area contributed by atoms with Gasteiger partial charge in [-0.05, 0) is 47.5 Å². The van der Waals surface area contributed by atoms with E-state index in [-0.39, 0.29) is 0 Å². The Balaban J connectivity index is 1.94. The Bertz CT molecular complexity index is 1300. The van der Waals surface area contributed by atoms with Gasteiger partial charge in [0.2, 0.25) is 0 Å². The van der Waals surface area contributed by atoms with Crippen molar-refractivity contribution in [3.05, 3.63) is 128 Å². The third-order valence-corrected chi connectivity index (χ3v) is 7.14. The zero-order valence-electron chi connectivity index (χ0n) is 18.5. The summed E-state index contributed by atoms with van der Waals surface area (Å²) in [5.74, 6) is 1.16. The number of fused-ring (bicyclic) bond motifs is 2. The molecule has 0 fully saturated rings. The smallest absolute Gasteiger partial charge is 0.142 e. The molecule has 2 atom stereocenters. The minimum absolute atomic E-state index is 0.315. The molecule has 172 valence electrons. The molecule has 4 aromatic rings. The number of hydrogen-bond donors (Lipinski definition) is 2. The summed E-state index contributed by atoms with van der Waals surface area (Å²) in [6.45, 7) is 0. The van der Waals surface area contributed by atoms with Crippen molar-refractivity contribution in [2.45, 2.75) is 11.2 Å². The van der Waals surface area contributed by atoms with Crippen LogP contribution < -0.4 is 9.47 Å². The summed E-state index contributed by atoms with van der Waals surface area (Å²) in [6, 6.07) is 24.7. The fourth-order valence-corrected chi connectivity index (χ4v) is 5.57. The molecule has 0 saturated carbocycles. The van der Waals surface area contributed by atoms with E-state index < -0.39 is 11.2 Å². The number of rotatable bonds is 4. The van der Waals surface area contributed by atoms with Crippen molar-refractivity contribution >= 4 is 23.2 Å². The van der Waals surface area contributed by atoms with E-state index >= 15 is 0 Å². The number of benzene rings is 4. The minimum atomic E-state index is -1.70. The van der Waals surface area contributed by atoms with Gasteiger partial charge in [0.25, 0.3) is 0 Å². The molecule has 0 radical (unpaired) electrons. The molecule has 0 aromatic heterocycles. The van der Waals surface area contributed by atoms with Crippen molar-refractivity contribution in [3.8, 4) is 11.5 Å². The number of aliphatic hydroxyl groups is 2. The highest BCUT2D eigenvalue weighted by Crippen LogP contribution is 2.56. The molecule has 0 spiro atoms. The van der Waals surface area contributed by atoms with Crippen molar-refractivity contribution in [3.63, 3.8) is 0 Å². The summed E-state index contributed by atoms with van der Waals surface area (Å²) in [5.41, 5.74) is -0.704. The first-order chi connectivity index (χ1) is 16.3. The monoisotopic (exact) mass is 492 g/mol. The van der Waals surface area contributed by atoms with Crippen LogP contribution in [-0.4, -0.2) is 24.4 Å². The topological polar surface area (TPSA) is 58.9 Å². The quantitative estimate of drug-likeness (QED) is 0.372. The highest BCUT2D eigenvalue weighted by atomic mass is 35.5. The molecule has 0 saturated heterocycles. The fraction of sp³-hybridized carbons (Fsp3) is 0.143. The Kier molecular flexibility index (Phi) is 5.58. The van der Waals surface area contributed by atoms with E-state index in [1.54, 1.807) is 99.1 Å². The van der Waals surface area contributed by atoms with Gasteiger partial charge in [-0.2, -0.15) is 0 Å². The van der Waals surface area contributed by atoms with E-state index in [0.29, 0.717) is 54.9 Å². The van der Waals surface area contributed by atoms with Crippen molar-refractivity contribution in [1.82, 2.24) is 0 Å². The van der Waals surface area contributed by atoms with Crippen molar-refractivity contribution in [1.29, 1.82) is 0 Å². The average Bonchev–Trinajstić information content (AvgIpc) is 2.87. The molecule has 1 aliphatic rings. The molecule has 2 N–H and O–H groups in total. The molecule has 0 aliphatic heterocycles. The molecular formula is C28H22Cl2O4. The van der Waals surface area contributed by atoms with E-state index in [2.05, 4.69) is 0 Å². The lowest BCUT2D eigenvalue weighted by Crippen LogP contribution is -2.44. The first-order valence-corrected chi connectivity index (χ1v) is 11.4. The van der Waals surface area contributed by atoms with Gasteiger partial charge in [-0.3, -0.25) is 0 Å². The second-order valence-electron chi connectivity index (χ2n) is 8.21. The van der Waals surface area contributed by atoms with Crippen LogP contribution in [0.2, 0.25) is 10.0 Å². The SMILES string of the molecule is COc1cccc(C2(O)c3cccc(Cl)c3C(O)(c3cccc(OC)c3)c3cccc(Cl)c32)c1. The lowest BCUT2D eigenvalue weighted by atomic mass is 9.63. The van der Waals surface area contributed by atoms with Crippen LogP contribution in [0.5, 0.6) is 11.5 Å². The number of hydrogen-bond acceptors (Lipinski definition) is 4. The van der Waals surface area contributed by atoms with Crippen molar-refractivity contribution in [2.75, 3.05) is 14.2 Å². The van der Waals surface area contributed by atoms with E-state index in [0.717, 1.165) is 0 Å². The van der Waals surface area contributed by atoms with Gasteiger partial charge in [-0.1, -0.05) is 71.7 Å². The number of halogens is 2. The van der Waals surface area contributed by atoms with Crippen LogP contribution in [0.15, 0.2) is 84.9 Å². The maximum atomic E-state index is 12.5. The van der Waals surface area contributed by atoms with Crippen LogP contribution in [0.4, 0.5) is 0 Å². The molecule has 5 rings (SSSR count). The molecular weight excluding hydrogens is 471 g/mol. The third-order valence-electron chi connectivity index (χ3n) is 6.51. The Labute approximate surface area is 207 Å². The zero-order chi connectivity index (χ0) is 24.1. The van der Waals surface area contributed by atoms with E-state index in [1.807, 2.05) is 0 Å². The van der Waals surface area contributed by atoms with Crippen molar-refractivity contribution in [2.24, 2.45) is 0 Å². The molecule has 1 aliphatic carbocycles. The van der Waals surface area contributed by atoms with Crippen LogP contribution >= 0.6 is 23.2 Å². The predicted molar refractivity (Wildman–Crippen MR) is 133 cm³/mol. The zero-order valence-corrected chi connectivity index (χ0v) is 20.1. The minimum Gasteiger partial charge on any atom is -0.497 e. The summed E-state index contributed by atoms with van der Waals surface area (Å²) >= 11 is 13.5. The molecule has 0 heterocycles. The summed E-state index contributed by atoms with van der Waals surface area (Å²) in [4.78, 5) is 0. The lowest BCUT2D eigenvalue weighted by molar-refractivity contribution is 0.0747. The standard InChI is InChI=1S/C28H22Cl2O4/c1-33-19-9-3-7-17(15-19)27(31)21-11-5-14-24(30)26(21)28(32,18-8-4-10-20(16-18)34-2)22-12-6-13-23(29)25(22)27/h3-16,31-32H,1-2H3. The van der Waals surface area contributed by atoms with E-state index in [1.165, 1.54) is 0 Å². The van der Waals surface area contributed by atoms with Crippen LogP contribution in [-0.2, 0) is 11.2 Å². The van der Waals surface area contributed by atoms with Gasteiger partial charge in [0, 0.05) is 32.3 Å².